The summed E-state index contributed by atoms with van der Waals surface area (Å²) in [5, 5.41) is 9.35. The SMILES string of the molecule is CON=C(C(=O)N[C@@H]1C(=O)N(S(=O)(=O)[O-])[C@H]1C(=O)OC)c1csc(NC(=O)CCl)n1.[Na+]. The number of hydrogen-bond acceptors (Lipinski definition) is 12. The van der Waals surface area contributed by atoms with Gasteiger partial charge >= 0.3 is 35.5 Å². The van der Waals surface area contributed by atoms with Gasteiger partial charge in [-0.2, -0.15) is 0 Å². The van der Waals surface area contributed by atoms with Gasteiger partial charge in [0.25, 0.3) is 11.8 Å². The summed E-state index contributed by atoms with van der Waals surface area (Å²) in [6, 6.07) is -3.59. The van der Waals surface area contributed by atoms with Crippen LogP contribution in [0.15, 0.2) is 10.5 Å². The van der Waals surface area contributed by atoms with Gasteiger partial charge in [-0.05, 0) is 0 Å². The number of oxime groups is 1. The van der Waals surface area contributed by atoms with Gasteiger partial charge < -0.3 is 24.8 Å². The monoisotopic (exact) mass is 505 g/mol. The normalized spacial score (nSPS) is 18.4. The largest absolute Gasteiger partial charge is 1.00 e. The van der Waals surface area contributed by atoms with Crippen molar-refractivity contribution in [3.63, 3.8) is 0 Å². The molecule has 164 valence electrons. The number of alkyl halides is 1. The third-order valence-electron chi connectivity index (χ3n) is 3.53. The van der Waals surface area contributed by atoms with Crippen LogP contribution in [0.4, 0.5) is 5.13 Å². The van der Waals surface area contributed by atoms with Crippen molar-refractivity contribution in [3.05, 3.63) is 11.1 Å². The van der Waals surface area contributed by atoms with Crippen molar-refractivity contribution in [2.45, 2.75) is 12.1 Å². The molecule has 0 bridgehead atoms. The van der Waals surface area contributed by atoms with E-state index in [2.05, 4.69) is 30.3 Å². The summed E-state index contributed by atoms with van der Waals surface area (Å²) >= 11 is 6.31. The van der Waals surface area contributed by atoms with Crippen LogP contribution in [0.5, 0.6) is 0 Å². The Morgan fingerprint density at radius 2 is 2.03 bits per heavy atom. The molecule has 0 unspecified atom stereocenters. The van der Waals surface area contributed by atoms with E-state index in [9.17, 15) is 32.1 Å². The quantitative estimate of drug-likeness (QED) is 0.0656. The van der Waals surface area contributed by atoms with E-state index in [1.54, 1.807) is 0 Å². The van der Waals surface area contributed by atoms with Gasteiger partial charge in [0.2, 0.25) is 5.91 Å². The van der Waals surface area contributed by atoms with E-state index in [0.717, 1.165) is 25.6 Å². The minimum Gasteiger partial charge on any atom is -0.731 e. The Kier molecular flexibility index (Phi) is 9.80. The number of methoxy groups -OCH3 is 1. The predicted molar refractivity (Wildman–Crippen MR) is 99.3 cm³/mol. The number of amides is 3. The number of halogens is 1. The molecule has 2 N–H and O–H groups in total. The van der Waals surface area contributed by atoms with E-state index in [4.69, 9.17) is 11.6 Å². The number of esters is 1. The van der Waals surface area contributed by atoms with Gasteiger partial charge in [0.05, 0.1) is 7.11 Å². The van der Waals surface area contributed by atoms with Crippen LogP contribution in [0.25, 0.3) is 0 Å². The number of nitrogens with zero attached hydrogens (tertiary/aromatic N) is 3. The van der Waals surface area contributed by atoms with Crippen molar-refractivity contribution in [2.24, 2.45) is 5.16 Å². The Morgan fingerprint density at radius 1 is 1.39 bits per heavy atom. The third kappa shape index (κ3) is 6.12. The van der Waals surface area contributed by atoms with Crippen molar-refractivity contribution in [2.75, 3.05) is 25.4 Å². The van der Waals surface area contributed by atoms with Crippen LogP contribution in [0.1, 0.15) is 5.69 Å². The number of hydrogen-bond donors (Lipinski definition) is 2. The maximum Gasteiger partial charge on any atom is 1.00 e. The first-order chi connectivity index (χ1) is 14.0. The number of anilines is 1. The summed E-state index contributed by atoms with van der Waals surface area (Å²) in [6.07, 6.45) is 0. The molecule has 1 fully saturated rings. The second kappa shape index (κ2) is 11.2. The Balaban J connectivity index is 0.00000480. The Hall–Kier alpha value is -1.82. The van der Waals surface area contributed by atoms with E-state index in [1.165, 1.54) is 5.38 Å². The van der Waals surface area contributed by atoms with Crippen molar-refractivity contribution in [3.8, 4) is 0 Å². The molecule has 0 aliphatic carbocycles. The smallest absolute Gasteiger partial charge is 0.731 e. The fraction of sp³-hybridized carbons (Fsp3) is 0.385. The maximum atomic E-state index is 12.6. The van der Waals surface area contributed by atoms with Crippen LogP contribution in [-0.4, -0.2) is 83.8 Å². The van der Waals surface area contributed by atoms with E-state index >= 15 is 0 Å². The summed E-state index contributed by atoms with van der Waals surface area (Å²) in [7, 11) is -3.29. The fourth-order valence-electron chi connectivity index (χ4n) is 2.30. The van der Waals surface area contributed by atoms with E-state index < -0.39 is 51.8 Å². The maximum absolute atomic E-state index is 12.6. The number of β-lactam (4-membered cyclic amide) rings is 1. The van der Waals surface area contributed by atoms with Gasteiger partial charge in [0.1, 0.15) is 24.7 Å². The number of carbonyl (C=O) groups is 4. The van der Waals surface area contributed by atoms with Gasteiger partial charge in [-0.1, -0.05) is 5.16 Å². The van der Waals surface area contributed by atoms with Gasteiger partial charge in [-0.25, -0.2) is 22.5 Å². The Labute approximate surface area is 206 Å². The standard InChI is InChI=1S/C13H14ClN5O9S2.Na/c1-27-12(23)9-8(11(22)19(9)30(24,25)26)17-10(21)7(18-28-2)5-4-29-13(15-5)16-6(20)3-14;/h4,8-9H,3H2,1-2H3,(H,17,21)(H,15,16,20)(H,24,25,26);/q;+1/p-1/t8-,9+;/m0./s1. The van der Waals surface area contributed by atoms with Crippen LogP contribution in [0.2, 0.25) is 0 Å². The molecular weight excluding hydrogens is 493 g/mol. The molecule has 1 aromatic heterocycles. The first-order valence-corrected chi connectivity index (χ1v) is 10.4. The molecule has 1 saturated heterocycles. The Bertz CT molecular complexity index is 1010. The van der Waals surface area contributed by atoms with Gasteiger partial charge in [-0.15, -0.1) is 22.9 Å². The van der Waals surface area contributed by atoms with Crippen molar-refractivity contribution in [1.82, 2.24) is 14.6 Å². The molecule has 14 nitrogen and oxygen atoms in total. The third-order valence-corrected chi connectivity index (χ3v) is 5.42. The molecule has 31 heavy (non-hydrogen) atoms. The van der Waals surface area contributed by atoms with Crippen molar-refractivity contribution >= 4 is 67.8 Å². The summed E-state index contributed by atoms with van der Waals surface area (Å²) in [5.41, 5.74) is -0.529. The van der Waals surface area contributed by atoms with Crippen LogP contribution in [0, 0.1) is 0 Å². The van der Waals surface area contributed by atoms with Crippen LogP contribution in [-0.2, 0) is 39.1 Å². The number of rotatable bonds is 8. The molecule has 1 aliphatic heterocycles. The second-order valence-electron chi connectivity index (χ2n) is 5.35. The number of carbonyl (C=O) groups excluding carboxylic acids is 4. The first kappa shape index (κ1) is 27.2. The van der Waals surface area contributed by atoms with Crippen LogP contribution >= 0.6 is 22.9 Å². The van der Waals surface area contributed by atoms with E-state index in [0.29, 0.717) is 0 Å². The first-order valence-electron chi connectivity index (χ1n) is 7.65. The van der Waals surface area contributed by atoms with Gasteiger partial charge in [0, 0.05) is 5.38 Å². The molecule has 2 atom stereocenters. The average molecular weight is 506 g/mol. The predicted octanol–water partition coefficient (Wildman–Crippen LogP) is -5.00. The Morgan fingerprint density at radius 3 is 2.55 bits per heavy atom. The van der Waals surface area contributed by atoms with E-state index in [-0.39, 0.29) is 50.6 Å². The van der Waals surface area contributed by atoms with Gasteiger partial charge in [0.15, 0.2) is 27.2 Å². The summed E-state index contributed by atoms with van der Waals surface area (Å²) < 4.78 is 37.7. The van der Waals surface area contributed by atoms with Crippen LogP contribution < -0.4 is 40.2 Å². The second-order valence-corrected chi connectivity index (χ2v) is 7.73. The molecule has 3 amide bonds. The van der Waals surface area contributed by atoms with Crippen molar-refractivity contribution in [1.29, 1.82) is 0 Å². The topological polar surface area (TPSA) is 196 Å². The fourth-order valence-corrected chi connectivity index (χ4v) is 3.90. The zero-order valence-electron chi connectivity index (χ0n) is 16.1. The zero-order valence-corrected chi connectivity index (χ0v) is 20.5. The van der Waals surface area contributed by atoms with Crippen molar-refractivity contribution < 1.29 is 71.3 Å². The summed E-state index contributed by atoms with van der Waals surface area (Å²) in [4.78, 5) is 56.2. The summed E-state index contributed by atoms with van der Waals surface area (Å²) in [5.74, 6) is -4.52. The molecule has 18 heteroatoms. The zero-order chi connectivity index (χ0) is 22.6. The minimum atomic E-state index is -5.32. The molecular formula is C13H13ClN5NaO9S2. The number of nitrogens with one attached hydrogen (secondary N) is 2. The number of ether oxygens (including phenoxy) is 1. The molecule has 0 saturated carbocycles. The molecule has 2 heterocycles. The average Bonchev–Trinajstić information content (AvgIpc) is 3.13. The number of thiazole rings is 1. The summed E-state index contributed by atoms with van der Waals surface area (Å²) in [6.45, 7) is 0. The molecule has 0 radical (unpaired) electrons. The molecule has 1 aliphatic rings. The van der Waals surface area contributed by atoms with Gasteiger partial charge in [-0.3, -0.25) is 14.4 Å². The number of aromatic nitrogens is 1. The van der Waals surface area contributed by atoms with E-state index in [1.807, 2.05) is 0 Å². The minimum absolute atomic E-state index is 0. The van der Waals surface area contributed by atoms with Crippen LogP contribution in [0.3, 0.4) is 0 Å². The molecule has 0 aromatic carbocycles. The molecule has 0 spiro atoms. The molecule has 1 aromatic rings. The molecule has 2 rings (SSSR count).